The minimum Gasteiger partial charge on any atom is -0.392 e. The van der Waals surface area contributed by atoms with E-state index in [1.165, 1.54) is 4.88 Å². The van der Waals surface area contributed by atoms with Crippen LogP contribution in [0.3, 0.4) is 0 Å². The van der Waals surface area contributed by atoms with Gasteiger partial charge in [0, 0.05) is 24.1 Å². The van der Waals surface area contributed by atoms with Crippen LogP contribution in [0.1, 0.15) is 31.6 Å². The second-order valence-electron chi connectivity index (χ2n) is 5.66. The molecule has 0 bridgehead atoms. The molecule has 0 aliphatic carbocycles. The van der Waals surface area contributed by atoms with E-state index in [0.717, 1.165) is 0 Å². The first-order valence-corrected chi connectivity index (χ1v) is 8.47. The molecule has 1 aliphatic heterocycles. The van der Waals surface area contributed by atoms with E-state index >= 15 is 0 Å². The summed E-state index contributed by atoms with van der Waals surface area (Å²) >= 11 is 6.89. The highest BCUT2D eigenvalue weighted by Crippen LogP contribution is 2.34. The number of amides is 1. The first-order chi connectivity index (χ1) is 9.97. The highest BCUT2D eigenvalue weighted by molar-refractivity contribution is 7.80. The fourth-order valence-corrected chi connectivity index (χ4v) is 3.61. The fourth-order valence-electron chi connectivity index (χ4n) is 2.62. The van der Waals surface area contributed by atoms with E-state index in [-0.39, 0.29) is 11.9 Å². The molecule has 2 N–H and O–H groups in total. The summed E-state index contributed by atoms with van der Waals surface area (Å²) in [5, 5.41) is 2.02. The number of hydrogen-bond acceptors (Lipinski definition) is 4. The van der Waals surface area contributed by atoms with E-state index in [9.17, 15) is 4.79 Å². The molecule has 0 unspecified atom stereocenters. The standard InChI is InChI=1S/C15H22N2O2S2/c1-11(2)17(10-12-4-3-9-21-12)14(18)15(13(16)20)5-7-19-8-6-15/h3-4,9,11H,5-8,10H2,1-2H3,(H2,16,20). The molecule has 116 valence electrons. The molecule has 0 radical (unpaired) electrons. The van der Waals surface area contributed by atoms with Gasteiger partial charge in [0.2, 0.25) is 5.91 Å². The fraction of sp³-hybridized carbons (Fsp3) is 0.600. The van der Waals surface area contributed by atoms with Crippen molar-refractivity contribution in [2.75, 3.05) is 13.2 Å². The van der Waals surface area contributed by atoms with Gasteiger partial charge >= 0.3 is 0 Å². The molecule has 1 aliphatic rings. The SMILES string of the molecule is CC(C)N(Cc1cccs1)C(=O)C1(C(N)=S)CCOCC1. The average Bonchev–Trinajstić information content (AvgIpc) is 2.97. The lowest BCUT2D eigenvalue weighted by Gasteiger charge is -2.40. The number of nitrogens with zero attached hydrogens (tertiary/aromatic N) is 1. The van der Waals surface area contributed by atoms with Crippen molar-refractivity contribution < 1.29 is 9.53 Å². The predicted octanol–water partition coefficient (Wildman–Crippen LogP) is 2.57. The zero-order chi connectivity index (χ0) is 15.5. The summed E-state index contributed by atoms with van der Waals surface area (Å²) in [6.45, 7) is 5.73. The molecule has 2 rings (SSSR count). The molecule has 0 spiro atoms. The third-order valence-corrected chi connectivity index (χ3v) is 5.27. The molecule has 4 nitrogen and oxygen atoms in total. The number of nitrogens with two attached hydrogens (primary N) is 1. The maximum absolute atomic E-state index is 13.1. The van der Waals surface area contributed by atoms with E-state index in [1.54, 1.807) is 11.3 Å². The first-order valence-electron chi connectivity index (χ1n) is 7.18. The lowest BCUT2D eigenvalue weighted by atomic mass is 9.78. The van der Waals surface area contributed by atoms with E-state index in [1.807, 2.05) is 36.3 Å². The van der Waals surface area contributed by atoms with Gasteiger partial charge in [0.1, 0.15) is 5.41 Å². The number of rotatable bonds is 5. The van der Waals surface area contributed by atoms with Crippen LogP contribution in [0.25, 0.3) is 0 Å². The maximum Gasteiger partial charge on any atom is 0.236 e. The third kappa shape index (κ3) is 3.44. The minimum atomic E-state index is -0.741. The molecule has 21 heavy (non-hydrogen) atoms. The van der Waals surface area contributed by atoms with Crippen LogP contribution in [0, 0.1) is 5.41 Å². The van der Waals surface area contributed by atoms with Crippen molar-refractivity contribution in [1.29, 1.82) is 0 Å². The number of carbonyl (C=O) groups is 1. The molecule has 0 aromatic carbocycles. The molecule has 2 heterocycles. The Bertz CT molecular complexity index is 494. The van der Waals surface area contributed by atoms with Gasteiger partial charge in [-0.25, -0.2) is 0 Å². The summed E-state index contributed by atoms with van der Waals surface area (Å²) in [5.74, 6) is 0.0432. The summed E-state index contributed by atoms with van der Waals surface area (Å²) in [6, 6.07) is 4.15. The third-order valence-electron chi connectivity index (χ3n) is 4.02. The Kier molecular flexibility index (Phi) is 5.35. The molecule has 1 saturated heterocycles. The molecule has 1 aromatic rings. The molecule has 0 saturated carbocycles. The summed E-state index contributed by atoms with van der Waals surface area (Å²) in [5.41, 5.74) is 5.20. The van der Waals surface area contributed by atoms with E-state index in [2.05, 4.69) is 0 Å². The number of thiocarbonyl (C=S) groups is 1. The monoisotopic (exact) mass is 326 g/mol. The molecule has 1 aromatic heterocycles. The average molecular weight is 326 g/mol. The van der Waals surface area contributed by atoms with Crippen molar-refractivity contribution in [2.45, 2.75) is 39.3 Å². The van der Waals surface area contributed by atoms with Crippen LogP contribution in [0.4, 0.5) is 0 Å². The van der Waals surface area contributed by atoms with Gasteiger partial charge in [0.25, 0.3) is 0 Å². The summed E-state index contributed by atoms with van der Waals surface area (Å²) in [6.07, 6.45) is 1.16. The van der Waals surface area contributed by atoms with Gasteiger partial charge in [0.05, 0.1) is 11.5 Å². The zero-order valence-electron chi connectivity index (χ0n) is 12.5. The van der Waals surface area contributed by atoms with Crippen molar-refractivity contribution in [2.24, 2.45) is 11.1 Å². The minimum absolute atomic E-state index is 0.0432. The quantitative estimate of drug-likeness (QED) is 0.845. The maximum atomic E-state index is 13.1. The van der Waals surface area contributed by atoms with Crippen LogP contribution in [-0.2, 0) is 16.1 Å². The molecule has 6 heteroatoms. The number of hydrogen-bond donors (Lipinski definition) is 1. The van der Waals surface area contributed by atoms with E-state index < -0.39 is 5.41 Å². The second kappa shape index (κ2) is 6.85. The van der Waals surface area contributed by atoms with Crippen LogP contribution in [-0.4, -0.2) is 35.1 Å². The molecular formula is C15H22N2O2S2. The van der Waals surface area contributed by atoms with Gasteiger partial charge in [0.15, 0.2) is 0 Å². The Morgan fingerprint density at radius 1 is 1.52 bits per heavy atom. The zero-order valence-corrected chi connectivity index (χ0v) is 14.1. The number of ether oxygens (including phenoxy) is 1. The number of thiophene rings is 1. The molecule has 0 atom stereocenters. The van der Waals surface area contributed by atoms with Crippen LogP contribution in [0.2, 0.25) is 0 Å². The lowest BCUT2D eigenvalue weighted by molar-refractivity contribution is -0.144. The highest BCUT2D eigenvalue weighted by Gasteiger charge is 2.45. The highest BCUT2D eigenvalue weighted by atomic mass is 32.1. The van der Waals surface area contributed by atoms with Crippen LogP contribution in [0.5, 0.6) is 0 Å². The van der Waals surface area contributed by atoms with E-state index in [0.29, 0.717) is 37.6 Å². The largest absolute Gasteiger partial charge is 0.392 e. The Balaban J connectivity index is 2.25. The van der Waals surface area contributed by atoms with Crippen molar-refractivity contribution in [3.8, 4) is 0 Å². The summed E-state index contributed by atoms with van der Waals surface area (Å²) in [4.78, 5) is 16.5. The van der Waals surface area contributed by atoms with Gasteiger partial charge in [-0.1, -0.05) is 18.3 Å². The lowest BCUT2D eigenvalue weighted by Crippen LogP contribution is -2.54. The van der Waals surface area contributed by atoms with Crippen molar-refractivity contribution in [3.05, 3.63) is 22.4 Å². The summed E-state index contributed by atoms with van der Waals surface area (Å²) in [7, 11) is 0. The van der Waals surface area contributed by atoms with Crippen molar-refractivity contribution in [1.82, 2.24) is 4.90 Å². The van der Waals surface area contributed by atoms with Gasteiger partial charge in [-0.05, 0) is 38.1 Å². The van der Waals surface area contributed by atoms with Crippen LogP contribution < -0.4 is 5.73 Å². The Morgan fingerprint density at radius 2 is 2.19 bits per heavy atom. The van der Waals surface area contributed by atoms with Crippen molar-refractivity contribution >= 4 is 34.5 Å². The number of carbonyl (C=O) groups excluding carboxylic acids is 1. The second-order valence-corrected chi connectivity index (χ2v) is 7.14. The van der Waals surface area contributed by atoms with Gasteiger partial charge in [-0.15, -0.1) is 11.3 Å². The van der Waals surface area contributed by atoms with Crippen molar-refractivity contribution in [3.63, 3.8) is 0 Å². The van der Waals surface area contributed by atoms with E-state index in [4.69, 9.17) is 22.7 Å². The van der Waals surface area contributed by atoms with Crippen LogP contribution >= 0.6 is 23.6 Å². The molecular weight excluding hydrogens is 304 g/mol. The predicted molar refractivity (Wildman–Crippen MR) is 89.3 cm³/mol. The topological polar surface area (TPSA) is 55.6 Å². The Hall–Kier alpha value is -0.980. The summed E-state index contributed by atoms with van der Waals surface area (Å²) < 4.78 is 5.39. The van der Waals surface area contributed by atoms with Gasteiger partial charge in [-0.2, -0.15) is 0 Å². The molecule has 1 fully saturated rings. The van der Waals surface area contributed by atoms with Gasteiger partial charge < -0.3 is 15.4 Å². The first kappa shape index (κ1) is 16.4. The van der Waals surface area contributed by atoms with Gasteiger partial charge in [-0.3, -0.25) is 4.79 Å². The van der Waals surface area contributed by atoms with Crippen LogP contribution in [0.15, 0.2) is 17.5 Å². The Labute approximate surface area is 135 Å². The normalized spacial score (nSPS) is 17.7. The smallest absolute Gasteiger partial charge is 0.236 e. The molecule has 1 amide bonds. The Morgan fingerprint density at radius 3 is 2.67 bits per heavy atom.